The molecule has 33 heavy (non-hydrogen) atoms. The standard InChI is InChI=1S/C25H27ClN2O4S/c1-25(2,30)20-13-8-17(14-27-20)21-24(33-19-11-9-18(26)10-12-19)32-22(28-21)15-4-6-16(7-5-15)23(29)31-3/h8-16,30H,4-7H2,1-3H3/t15-,16-. The van der Waals surface area contributed by atoms with Crippen molar-refractivity contribution in [2.45, 2.75) is 61.0 Å². The van der Waals surface area contributed by atoms with Gasteiger partial charge in [-0.2, -0.15) is 0 Å². The first-order chi connectivity index (χ1) is 15.7. The van der Waals surface area contributed by atoms with Gasteiger partial charge in [-0.15, -0.1) is 0 Å². The molecule has 0 spiro atoms. The summed E-state index contributed by atoms with van der Waals surface area (Å²) in [5, 5.41) is 11.6. The minimum Gasteiger partial charge on any atom is -0.469 e. The highest BCUT2D eigenvalue weighted by Gasteiger charge is 2.31. The van der Waals surface area contributed by atoms with E-state index in [0.29, 0.717) is 21.7 Å². The van der Waals surface area contributed by atoms with Crippen LogP contribution < -0.4 is 0 Å². The molecule has 2 heterocycles. The van der Waals surface area contributed by atoms with Crippen LogP contribution in [-0.2, 0) is 15.1 Å². The molecule has 1 fully saturated rings. The molecular formula is C25H27ClN2O4S. The van der Waals surface area contributed by atoms with Gasteiger partial charge in [0.15, 0.2) is 11.0 Å². The van der Waals surface area contributed by atoms with E-state index < -0.39 is 5.60 Å². The molecule has 6 nitrogen and oxygen atoms in total. The van der Waals surface area contributed by atoms with Crippen LogP contribution in [0.2, 0.25) is 5.02 Å². The topological polar surface area (TPSA) is 85.5 Å². The molecule has 4 rings (SSSR count). The van der Waals surface area contributed by atoms with Crippen molar-refractivity contribution >= 4 is 29.3 Å². The largest absolute Gasteiger partial charge is 0.469 e. The number of methoxy groups -OCH3 is 1. The first kappa shape index (κ1) is 23.8. The molecule has 0 atom stereocenters. The second-order valence-electron chi connectivity index (χ2n) is 8.81. The molecule has 0 aliphatic heterocycles. The number of nitrogens with zero attached hydrogens (tertiary/aromatic N) is 2. The second-order valence-corrected chi connectivity index (χ2v) is 10.3. The lowest BCUT2D eigenvalue weighted by Gasteiger charge is -2.24. The van der Waals surface area contributed by atoms with Gasteiger partial charge in [-0.05, 0) is 87.7 Å². The van der Waals surface area contributed by atoms with Gasteiger partial charge < -0.3 is 14.3 Å². The summed E-state index contributed by atoms with van der Waals surface area (Å²) in [6, 6.07) is 11.3. The molecule has 3 aromatic rings. The average molecular weight is 487 g/mol. The van der Waals surface area contributed by atoms with Crippen molar-refractivity contribution in [2.75, 3.05) is 7.11 Å². The van der Waals surface area contributed by atoms with Crippen molar-refractivity contribution in [1.82, 2.24) is 9.97 Å². The van der Waals surface area contributed by atoms with E-state index in [1.54, 1.807) is 20.0 Å². The van der Waals surface area contributed by atoms with Crippen LogP contribution >= 0.6 is 23.4 Å². The Morgan fingerprint density at radius 2 is 1.85 bits per heavy atom. The Bertz CT molecular complexity index is 1100. The van der Waals surface area contributed by atoms with Crippen molar-refractivity contribution in [2.24, 2.45) is 5.92 Å². The summed E-state index contributed by atoms with van der Waals surface area (Å²) in [5.74, 6) is 0.629. The number of hydrogen-bond donors (Lipinski definition) is 1. The summed E-state index contributed by atoms with van der Waals surface area (Å²) in [6.45, 7) is 3.41. The van der Waals surface area contributed by atoms with Crippen LogP contribution in [0, 0.1) is 5.92 Å². The van der Waals surface area contributed by atoms with E-state index in [4.69, 9.17) is 25.7 Å². The smallest absolute Gasteiger partial charge is 0.308 e. The fraction of sp³-hybridized carbons (Fsp3) is 0.400. The number of esters is 1. The van der Waals surface area contributed by atoms with Crippen molar-refractivity contribution in [1.29, 1.82) is 0 Å². The van der Waals surface area contributed by atoms with Gasteiger partial charge in [-0.25, -0.2) is 4.98 Å². The van der Waals surface area contributed by atoms with Gasteiger partial charge in [0.1, 0.15) is 11.3 Å². The molecule has 1 aliphatic rings. The predicted octanol–water partition coefficient (Wildman–Crippen LogP) is 6.22. The van der Waals surface area contributed by atoms with E-state index in [9.17, 15) is 9.90 Å². The van der Waals surface area contributed by atoms with Gasteiger partial charge >= 0.3 is 5.97 Å². The number of rotatable bonds is 6. The summed E-state index contributed by atoms with van der Waals surface area (Å²) >= 11 is 7.52. The number of hydrogen-bond acceptors (Lipinski definition) is 7. The van der Waals surface area contributed by atoms with E-state index >= 15 is 0 Å². The van der Waals surface area contributed by atoms with Crippen molar-refractivity contribution in [3.8, 4) is 11.3 Å². The lowest BCUT2D eigenvalue weighted by molar-refractivity contribution is -0.146. The minimum absolute atomic E-state index is 0.0535. The van der Waals surface area contributed by atoms with Crippen LogP contribution in [0.1, 0.15) is 57.0 Å². The Labute approximate surface area is 202 Å². The maximum absolute atomic E-state index is 11.9. The SMILES string of the molecule is COC(=O)[C@H]1CC[C@H](c2nc(-c3ccc(C(C)(C)O)nc3)c(Sc3ccc(Cl)cc3)o2)CC1. The molecule has 1 saturated carbocycles. The highest BCUT2D eigenvalue weighted by Crippen LogP contribution is 2.42. The number of halogens is 1. The molecule has 8 heteroatoms. The molecule has 0 amide bonds. The highest BCUT2D eigenvalue weighted by molar-refractivity contribution is 7.99. The summed E-state index contributed by atoms with van der Waals surface area (Å²) < 4.78 is 11.2. The summed E-state index contributed by atoms with van der Waals surface area (Å²) in [5.41, 5.74) is 1.10. The van der Waals surface area contributed by atoms with Crippen molar-refractivity contribution in [3.63, 3.8) is 0 Å². The van der Waals surface area contributed by atoms with Gasteiger partial charge in [0.05, 0.1) is 18.7 Å². The van der Waals surface area contributed by atoms with Crippen LogP contribution in [0.5, 0.6) is 0 Å². The molecular weight excluding hydrogens is 460 g/mol. The number of aromatic nitrogens is 2. The van der Waals surface area contributed by atoms with E-state index in [0.717, 1.165) is 41.8 Å². The monoisotopic (exact) mass is 486 g/mol. The molecule has 1 N–H and O–H groups in total. The van der Waals surface area contributed by atoms with Crippen LogP contribution in [0.3, 0.4) is 0 Å². The highest BCUT2D eigenvalue weighted by atomic mass is 35.5. The first-order valence-electron chi connectivity index (χ1n) is 11.0. The number of pyridine rings is 1. The number of ether oxygens (including phenoxy) is 1. The maximum atomic E-state index is 11.9. The molecule has 0 unspecified atom stereocenters. The van der Waals surface area contributed by atoms with Crippen molar-refractivity contribution in [3.05, 3.63) is 59.2 Å². The van der Waals surface area contributed by atoms with Crippen LogP contribution in [0.4, 0.5) is 0 Å². The second kappa shape index (κ2) is 9.87. The molecule has 0 radical (unpaired) electrons. The number of carbonyl (C=O) groups is 1. The van der Waals surface area contributed by atoms with Crippen LogP contribution in [-0.4, -0.2) is 28.2 Å². The first-order valence-corrected chi connectivity index (χ1v) is 12.2. The van der Waals surface area contributed by atoms with Crippen molar-refractivity contribution < 1.29 is 19.1 Å². The Hall–Kier alpha value is -2.35. The third kappa shape index (κ3) is 5.60. The molecule has 1 aliphatic carbocycles. The number of oxazole rings is 1. The Kier molecular flexibility index (Phi) is 7.12. The minimum atomic E-state index is -1.02. The Balaban J connectivity index is 1.63. The fourth-order valence-corrected chi connectivity index (χ4v) is 5.00. The zero-order chi connectivity index (χ0) is 23.6. The van der Waals surface area contributed by atoms with E-state index in [1.165, 1.54) is 18.9 Å². The van der Waals surface area contributed by atoms with Gasteiger partial charge in [0.2, 0.25) is 0 Å². The number of carbonyl (C=O) groups excluding carboxylic acids is 1. The third-order valence-electron chi connectivity index (χ3n) is 5.91. The quantitative estimate of drug-likeness (QED) is 0.414. The van der Waals surface area contributed by atoms with Crippen LogP contribution in [0.25, 0.3) is 11.3 Å². The Morgan fingerprint density at radius 3 is 2.42 bits per heavy atom. The summed E-state index contributed by atoms with van der Waals surface area (Å²) in [7, 11) is 1.44. The van der Waals surface area contributed by atoms with Gasteiger partial charge in [-0.3, -0.25) is 9.78 Å². The molecule has 174 valence electrons. The lowest BCUT2D eigenvalue weighted by atomic mass is 9.82. The van der Waals surface area contributed by atoms with Crippen LogP contribution in [0.15, 0.2) is 57.0 Å². The average Bonchev–Trinajstić information content (AvgIpc) is 3.23. The summed E-state index contributed by atoms with van der Waals surface area (Å²) in [6.07, 6.45) is 4.88. The zero-order valence-electron chi connectivity index (χ0n) is 18.9. The van der Waals surface area contributed by atoms with Gasteiger partial charge in [0.25, 0.3) is 0 Å². The summed E-state index contributed by atoms with van der Waals surface area (Å²) in [4.78, 5) is 22.2. The fourth-order valence-electron chi connectivity index (χ4n) is 4.00. The molecule has 1 aromatic carbocycles. The van der Waals surface area contributed by atoms with E-state index in [1.807, 2.05) is 36.4 Å². The van der Waals surface area contributed by atoms with E-state index in [-0.39, 0.29) is 17.8 Å². The zero-order valence-corrected chi connectivity index (χ0v) is 20.4. The normalized spacial score (nSPS) is 18.8. The maximum Gasteiger partial charge on any atom is 0.308 e. The predicted molar refractivity (Wildman–Crippen MR) is 127 cm³/mol. The number of benzene rings is 1. The number of aliphatic hydroxyl groups is 1. The molecule has 0 bridgehead atoms. The van der Waals surface area contributed by atoms with Gasteiger partial charge in [-0.1, -0.05) is 11.6 Å². The third-order valence-corrected chi connectivity index (χ3v) is 7.13. The Morgan fingerprint density at radius 1 is 1.15 bits per heavy atom. The molecule has 0 saturated heterocycles. The molecule has 2 aromatic heterocycles. The van der Waals surface area contributed by atoms with E-state index in [2.05, 4.69) is 4.98 Å². The van der Waals surface area contributed by atoms with Gasteiger partial charge in [0, 0.05) is 27.6 Å². The lowest BCUT2D eigenvalue weighted by Crippen LogP contribution is -2.22.